The predicted molar refractivity (Wildman–Crippen MR) is 76.2 cm³/mol. The van der Waals surface area contributed by atoms with Crippen molar-refractivity contribution in [1.29, 1.82) is 0 Å². The normalized spacial score (nSPS) is 15.4. The number of rotatable bonds is 6. The number of anilines is 1. The molecule has 106 valence electrons. The smallest absolute Gasteiger partial charge is 0.323 e. The fourth-order valence-electron chi connectivity index (χ4n) is 2.39. The molecule has 0 saturated heterocycles. The maximum absolute atomic E-state index is 12.6. The number of nitrogens with two attached hydrogens (primary N) is 1. The Labute approximate surface area is 117 Å². The van der Waals surface area contributed by atoms with E-state index in [1.807, 2.05) is 12.1 Å². The van der Waals surface area contributed by atoms with Crippen molar-refractivity contribution in [3.05, 3.63) is 42.5 Å². The van der Waals surface area contributed by atoms with Crippen LogP contribution < -0.4 is 5.73 Å². The third-order valence-corrected chi connectivity index (χ3v) is 3.59. The zero-order chi connectivity index (χ0) is 14.8. The summed E-state index contributed by atoms with van der Waals surface area (Å²) in [6, 6.07) is 7.20. The number of amides is 1. The van der Waals surface area contributed by atoms with E-state index in [1.54, 1.807) is 18.2 Å². The molecule has 0 radical (unpaired) electrons. The van der Waals surface area contributed by atoms with Gasteiger partial charge < -0.3 is 15.7 Å². The topological polar surface area (TPSA) is 83.6 Å². The van der Waals surface area contributed by atoms with Gasteiger partial charge in [0.25, 0.3) is 0 Å². The van der Waals surface area contributed by atoms with E-state index in [0.717, 1.165) is 18.4 Å². The van der Waals surface area contributed by atoms with Crippen molar-refractivity contribution in [3.8, 4) is 0 Å². The molecule has 0 bridgehead atoms. The SMILES string of the molecule is C=CCN(CC(=O)O)C(=O)C1(c2ccc(N)cc2)CC1. The first-order chi connectivity index (χ1) is 9.49. The first-order valence-corrected chi connectivity index (χ1v) is 6.48. The Hall–Kier alpha value is -2.30. The molecule has 1 aliphatic carbocycles. The van der Waals surface area contributed by atoms with E-state index in [1.165, 1.54) is 4.90 Å². The zero-order valence-corrected chi connectivity index (χ0v) is 11.2. The van der Waals surface area contributed by atoms with Crippen molar-refractivity contribution in [2.45, 2.75) is 18.3 Å². The molecule has 1 fully saturated rings. The number of hydrogen-bond acceptors (Lipinski definition) is 3. The number of aliphatic carboxylic acids is 1. The van der Waals surface area contributed by atoms with Gasteiger partial charge in [0, 0.05) is 12.2 Å². The summed E-state index contributed by atoms with van der Waals surface area (Å²) >= 11 is 0. The Balaban J connectivity index is 2.23. The molecule has 1 aromatic rings. The molecular weight excluding hydrogens is 256 g/mol. The molecule has 1 aliphatic rings. The molecule has 1 aromatic carbocycles. The van der Waals surface area contributed by atoms with Crippen LogP contribution in [0.5, 0.6) is 0 Å². The molecule has 0 aromatic heterocycles. The van der Waals surface area contributed by atoms with Crippen LogP contribution in [0.4, 0.5) is 5.69 Å². The Morgan fingerprint density at radius 3 is 2.40 bits per heavy atom. The molecule has 5 nitrogen and oxygen atoms in total. The van der Waals surface area contributed by atoms with Crippen LogP contribution in [0.15, 0.2) is 36.9 Å². The lowest BCUT2D eigenvalue weighted by atomic mass is 9.94. The molecule has 1 saturated carbocycles. The summed E-state index contributed by atoms with van der Waals surface area (Å²) < 4.78 is 0. The molecule has 0 aliphatic heterocycles. The second-order valence-electron chi connectivity index (χ2n) is 5.07. The number of nitrogens with zero attached hydrogens (tertiary/aromatic N) is 1. The number of hydrogen-bond donors (Lipinski definition) is 2. The molecule has 0 unspecified atom stereocenters. The van der Waals surface area contributed by atoms with E-state index in [4.69, 9.17) is 10.8 Å². The van der Waals surface area contributed by atoms with Gasteiger partial charge in [0.2, 0.25) is 5.91 Å². The maximum atomic E-state index is 12.6. The Bertz CT molecular complexity index is 533. The average Bonchev–Trinajstić information content (AvgIpc) is 3.19. The van der Waals surface area contributed by atoms with Crippen molar-refractivity contribution in [3.63, 3.8) is 0 Å². The summed E-state index contributed by atoms with van der Waals surface area (Å²) in [6.07, 6.45) is 3.02. The molecular formula is C15H18N2O3. The van der Waals surface area contributed by atoms with Crippen LogP contribution in [-0.4, -0.2) is 35.0 Å². The standard InChI is InChI=1S/C15H18N2O3/c1-2-9-17(10-13(18)19)14(20)15(7-8-15)11-3-5-12(16)6-4-11/h2-6H,1,7-10,16H2,(H,18,19). The first-order valence-electron chi connectivity index (χ1n) is 6.48. The van der Waals surface area contributed by atoms with E-state index in [0.29, 0.717) is 5.69 Å². The quantitative estimate of drug-likeness (QED) is 0.606. The van der Waals surface area contributed by atoms with Crippen LogP contribution in [0.2, 0.25) is 0 Å². The van der Waals surface area contributed by atoms with E-state index >= 15 is 0 Å². The van der Waals surface area contributed by atoms with Gasteiger partial charge in [0.05, 0.1) is 5.41 Å². The second-order valence-corrected chi connectivity index (χ2v) is 5.07. The summed E-state index contributed by atoms with van der Waals surface area (Å²) in [5.74, 6) is -1.17. The first kappa shape index (κ1) is 14.1. The Morgan fingerprint density at radius 1 is 1.35 bits per heavy atom. The van der Waals surface area contributed by atoms with Crippen LogP contribution in [-0.2, 0) is 15.0 Å². The third-order valence-electron chi connectivity index (χ3n) is 3.59. The van der Waals surface area contributed by atoms with Crippen molar-refractivity contribution in [2.75, 3.05) is 18.8 Å². The molecule has 0 heterocycles. The van der Waals surface area contributed by atoms with Crippen molar-refractivity contribution in [1.82, 2.24) is 4.90 Å². The molecule has 3 N–H and O–H groups in total. The monoisotopic (exact) mass is 274 g/mol. The molecule has 2 rings (SSSR count). The Morgan fingerprint density at radius 2 is 1.95 bits per heavy atom. The van der Waals surface area contributed by atoms with Gasteiger partial charge in [-0.1, -0.05) is 18.2 Å². The minimum Gasteiger partial charge on any atom is -0.480 e. The number of carbonyl (C=O) groups excluding carboxylic acids is 1. The highest BCUT2D eigenvalue weighted by Gasteiger charge is 2.53. The van der Waals surface area contributed by atoms with Gasteiger partial charge in [-0.15, -0.1) is 6.58 Å². The number of carboxylic acid groups (broad SMARTS) is 1. The van der Waals surface area contributed by atoms with Crippen LogP contribution >= 0.6 is 0 Å². The van der Waals surface area contributed by atoms with Gasteiger partial charge in [-0.05, 0) is 30.5 Å². The van der Waals surface area contributed by atoms with E-state index < -0.39 is 11.4 Å². The minimum atomic E-state index is -1.02. The second kappa shape index (κ2) is 5.36. The summed E-state index contributed by atoms with van der Waals surface area (Å²) in [6.45, 7) is 3.51. The molecule has 0 atom stereocenters. The number of nitrogen functional groups attached to an aromatic ring is 1. The van der Waals surface area contributed by atoms with Crippen LogP contribution in [0.1, 0.15) is 18.4 Å². The average molecular weight is 274 g/mol. The predicted octanol–water partition coefficient (Wildman–Crippen LogP) is 1.40. The molecule has 0 spiro atoms. The zero-order valence-electron chi connectivity index (χ0n) is 11.2. The Kier molecular flexibility index (Phi) is 3.79. The van der Waals surface area contributed by atoms with Gasteiger partial charge in [0.15, 0.2) is 0 Å². The lowest BCUT2D eigenvalue weighted by Crippen LogP contribution is -2.42. The van der Waals surface area contributed by atoms with Crippen molar-refractivity contribution in [2.24, 2.45) is 0 Å². The van der Waals surface area contributed by atoms with Crippen LogP contribution in [0.3, 0.4) is 0 Å². The lowest BCUT2D eigenvalue weighted by molar-refractivity contribution is -0.145. The fraction of sp³-hybridized carbons (Fsp3) is 0.333. The minimum absolute atomic E-state index is 0.149. The number of carbonyl (C=O) groups is 2. The number of carboxylic acids is 1. The molecule has 1 amide bonds. The van der Waals surface area contributed by atoms with Crippen LogP contribution in [0, 0.1) is 0 Å². The van der Waals surface area contributed by atoms with Crippen molar-refractivity contribution < 1.29 is 14.7 Å². The summed E-state index contributed by atoms with van der Waals surface area (Å²) in [4.78, 5) is 24.8. The fourth-order valence-corrected chi connectivity index (χ4v) is 2.39. The van der Waals surface area contributed by atoms with Gasteiger partial charge in [0.1, 0.15) is 6.54 Å². The largest absolute Gasteiger partial charge is 0.480 e. The van der Waals surface area contributed by atoms with E-state index in [9.17, 15) is 9.59 Å². The molecule has 5 heteroatoms. The van der Waals surface area contributed by atoms with E-state index in [-0.39, 0.29) is 19.0 Å². The maximum Gasteiger partial charge on any atom is 0.323 e. The highest BCUT2D eigenvalue weighted by molar-refractivity contribution is 5.93. The van der Waals surface area contributed by atoms with Gasteiger partial charge in [-0.3, -0.25) is 9.59 Å². The van der Waals surface area contributed by atoms with Crippen LogP contribution in [0.25, 0.3) is 0 Å². The highest BCUT2D eigenvalue weighted by atomic mass is 16.4. The highest BCUT2D eigenvalue weighted by Crippen LogP contribution is 2.49. The van der Waals surface area contributed by atoms with Gasteiger partial charge >= 0.3 is 5.97 Å². The van der Waals surface area contributed by atoms with Gasteiger partial charge in [-0.25, -0.2) is 0 Å². The summed E-state index contributed by atoms with van der Waals surface area (Å²) in [5, 5.41) is 8.91. The molecule has 20 heavy (non-hydrogen) atoms. The number of benzene rings is 1. The van der Waals surface area contributed by atoms with Crippen molar-refractivity contribution >= 4 is 17.6 Å². The lowest BCUT2D eigenvalue weighted by Gasteiger charge is -2.25. The van der Waals surface area contributed by atoms with Gasteiger partial charge in [-0.2, -0.15) is 0 Å². The summed E-state index contributed by atoms with van der Waals surface area (Å²) in [7, 11) is 0. The van der Waals surface area contributed by atoms with E-state index in [2.05, 4.69) is 6.58 Å². The third kappa shape index (κ3) is 2.66. The summed E-state index contributed by atoms with van der Waals surface area (Å²) in [5.41, 5.74) is 6.62.